The number of nitrogens with zero attached hydrogens (tertiary/aromatic N) is 5. The summed E-state index contributed by atoms with van der Waals surface area (Å²) in [5.41, 5.74) is 1.38. The fourth-order valence-electron chi connectivity index (χ4n) is 3.36. The largest absolute Gasteiger partial charge is 0.340 e. The zero-order chi connectivity index (χ0) is 16.8. The van der Waals surface area contributed by atoms with Gasteiger partial charge in [-0.05, 0) is 12.3 Å². The summed E-state index contributed by atoms with van der Waals surface area (Å²) in [6, 6.07) is 0. The molecule has 0 N–H and O–H groups in total. The topological polar surface area (TPSA) is 56.0 Å². The van der Waals surface area contributed by atoms with E-state index < -0.39 is 6.55 Å². The number of carbonyl (C=O) groups is 1. The van der Waals surface area contributed by atoms with Crippen molar-refractivity contribution in [3.05, 3.63) is 24.4 Å². The van der Waals surface area contributed by atoms with Gasteiger partial charge in [0.25, 0.3) is 0 Å². The number of rotatable bonds is 3. The molecule has 2 aromatic heterocycles. The van der Waals surface area contributed by atoms with E-state index in [0.29, 0.717) is 42.2 Å². The van der Waals surface area contributed by atoms with Crippen molar-refractivity contribution in [2.24, 2.45) is 11.8 Å². The van der Waals surface area contributed by atoms with Crippen LogP contribution in [0.25, 0.3) is 11.3 Å². The maximum Gasteiger partial charge on any atom is 0.333 e. The Labute approximate surface area is 138 Å². The standard InChI is InChI=1S/C16H19F2N5O/c1-10-6-12(10)15(24)21-3-2-14-19-8-13(22(14)5-4-21)11-7-20-23(9-11)16(17)18/h7-10,12,16H,2-6H2,1H3/t10-,12-/m0/s1. The Morgan fingerprint density at radius 1 is 1.29 bits per heavy atom. The lowest BCUT2D eigenvalue weighted by Crippen LogP contribution is -2.35. The van der Waals surface area contributed by atoms with Gasteiger partial charge in [-0.1, -0.05) is 6.92 Å². The van der Waals surface area contributed by atoms with Crippen LogP contribution in [0.2, 0.25) is 0 Å². The van der Waals surface area contributed by atoms with Crippen molar-refractivity contribution in [1.29, 1.82) is 0 Å². The Hall–Kier alpha value is -2.25. The van der Waals surface area contributed by atoms with E-state index in [4.69, 9.17) is 0 Å². The fraction of sp³-hybridized carbons (Fsp3) is 0.562. The van der Waals surface area contributed by atoms with Crippen molar-refractivity contribution in [2.75, 3.05) is 13.1 Å². The van der Waals surface area contributed by atoms with Gasteiger partial charge >= 0.3 is 6.55 Å². The van der Waals surface area contributed by atoms with Crippen LogP contribution in [-0.2, 0) is 17.8 Å². The third kappa shape index (κ3) is 2.59. The van der Waals surface area contributed by atoms with Gasteiger partial charge in [0, 0.05) is 43.7 Å². The molecule has 6 nitrogen and oxygen atoms in total. The van der Waals surface area contributed by atoms with Crippen molar-refractivity contribution < 1.29 is 13.6 Å². The van der Waals surface area contributed by atoms with Crippen molar-refractivity contribution in [3.8, 4) is 11.3 Å². The highest BCUT2D eigenvalue weighted by Gasteiger charge is 2.41. The van der Waals surface area contributed by atoms with Crippen LogP contribution in [-0.4, -0.2) is 43.2 Å². The first kappa shape index (κ1) is 15.3. The molecule has 0 bridgehead atoms. The second kappa shape index (κ2) is 5.68. The van der Waals surface area contributed by atoms with Gasteiger partial charge in [0.1, 0.15) is 5.82 Å². The molecule has 0 radical (unpaired) electrons. The third-order valence-electron chi connectivity index (χ3n) is 4.97. The number of alkyl halides is 2. The highest BCUT2D eigenvalue weighted by molar-refractivity contribution is 5.81. The van der Waals surface area contributed by atoms with Crippen LogP contribution in [0.4, 0.5) is 8.78 Å². The van der Waals surface area contributed by atoms with E-state index in [1.807, 2.05) is 9.47 Å². The number of hydrogen-bond donors (Lipinski definition) is 0. The minimum Gasteiger partial charge on any atom is -0.340 e. The lowest BCUT2D eigenvalue weighted by atomic mass is 10.2. The lowest BCUT2D eigenvalue weighted by Gasteiger charge is -2.20. The van der Waals surface area contributed by atoms with Crippen LogP contribution >= 0.6 is 0 Å². The van der Waals surface area contributed by atoms with Gasteiger partial charge in [-0.25, -0.2) is 9.67 Å². The average molecular weight is 335 g/mol. The number of fused-ring (bicyclic) bond motifs is 1. The van der Waals surface area contributed by atoms with Crippen molar-refractivity contribution in [2.45, 2.75) is 32.9 Å². The molecule has 4 rings (SSSR count). The van der Waals surface area contributed by atoms with E-state index in [9.17, 15) is 13.6 Å². The van der Waals surface area contributed by atoms with Crippen LogP contribution in [0.5, 0.6) is 0 Å². The fourth-order valence-corrected chi connectivity index (χ4v) is 3.36. The summed E-state index contributed by atoms with van der Waals surface area (Å²) >= 11 is 0. The monoisotopic (exact) mass is 335 g/mol. The summed E-state index contributed by atoms with van der Waals surface area (Å²) in [5.74, 6) is 1.79. The number of imidazole rings is 1. The summed E-state index contributed by atoms with van der Waals surface area (Å²) in [6.45, 7) is 1.36. The minimum atomic E-state index is -2.65. The molecule has 24 heavy (non-hydrogen) atoms. The molecular formula is C16H19F2N5O. The van der Waals surface area contributed by atoms with Crippen molar-refractivity contribution in [1.82, 2.24) is 24.2 Å². The number of hydrogen-bond acceptors (Lipinski definition) is 3. The second-order valence-corrected chi connectivity index (χ2v) is 6.59. The van der Waals surface area contributed by atoms with Crippen LogP contribution in [0.15, 0.2) is 18.6 Å². The Morgan fingerprint density at radius 2 is 2.08 bits per heavy atom. The van der Waals surface area contributed by atoms with Crippen LogP contribution < -0.4 is 0 Å². The van der Waals surface area contributed by atoms with E-state index in [2.05, 4.69) is 17.0 Å². The Bertz CT molecular complexity index is 768. The van der Waals surface area contributed by atoms with E-state index in [-0.39, 0.29) is 11.8 Å². The SMILES string of the molecule is C[C@H]1C[C@@H]1C(=O)N1CCc2ncc(-c3cnn(C(F)F)c3)n2CC1. The van der Waals surface area contributed by atoms with E-state index in [1.165, 1.54) is 12.4 Å². The molecule has 1 fully saturated rings. The van der Waals surface area contributed by atoms with Crippen molar-refractivity contribution in [3.63, 3.8) is 0 Å². The first-order valence-electron chi connectivity index (χ1n) is 8.20. The van der Waals surface area contributed by atoms with E-state index >= 15 is 0 Å². The molecule has 2 atom stereocenters. The third-order valence-corrected chi connectivity index (χ3v) is 4.97. The molecule has 1 aliphatic heterocycles. The predicted molar refractivity (Wildman–Crippen MR) is 82.3 cm³/mol. The maximum absolute atomic E-state index is 12.7. The number of amides is 1. The zero-order valence-corrected chi connectivity index (χ0v) is 13.4. The molecule has 1 saturated carbocycles. The normalized spacial score (nSPS) is 23.2. The highest BCUT2D eigenvalue weighted by atomic mass is 19.3. The first-order valence-corrected chi connectivity index (χ1v) is 8.20. The molecule has 1 aliphatic carbocycles. The molecule has 2 aromatic rings. The summed E-state index contributed by atoms with van der Waals surface area (Å²) in [7, 11) is 0. The first-order chi connectivity index (χ1) is 11.5. The molecule has 0 saturated heterocycles. The molecule has 2 aliphatic rings. The molecular weight excluding hydrogens is 316 g/mol. The quantitative estimate of drug-likeness (QED) is 0.864. The average Bonchev–Trinajstić information content (AvgIpc) is 2.97. The van der Waals surface area contributed by atoms with Gasteiger partial charge in [-0.2, -0.15) is 13.9 Å². The minimum absolute atomic E-state index is 0.180. The molecule has 8 heteroatoms. The van der Waals surface area contributed by atoms with Gasteiger partial charge in [-0.15, -0.1) is 0 Å². The molecule has 0 aromatic carbocycles. The number of halogens is 2. The predicted octanol–water partition coefficient (Wildman–Crippen LogP) is 2.18. The molecule has 1 amide bonds. The summed E-state index contributed by atoms with van der Waals surface area (Å²) in [6.07, 6.45) is 6.11. The summed E-state index contributed by atoms with van der Waals surface area (Å²) in [4.78, 5) is 18.8. The van der Waals surface area contributed by atoms with Crippen LogP contribution in [0, 0.1) is 11.8 Å². The Kier molecular flexibility index (Phi) is 3.62. The number of aromatic nitrogens is 4. The van der Waals surface area contributed by atoms with Gasteiger partial charge in [0.15, 0.2) is 0 Å². The van der Waals surface area contributed by atoms with Crippen LogP contribution in [0.1, 0.15) is 25.7 Å². The highest BCUT2D eigenvalue weighted by Crippen LogP contribution is 2.39. The van der Waals surface area contributed by atoms with Crippen molar-refractivity contribution >= 4 is 5.91 Å². The van der Waals surface area contributed by atoms with Gasteiger partial charge < -0.3 is 9.47 Å². The zero-order valence-electron chi connectivity index (χ0n) is 13.4. The van der Waals surface area contributed by atoms with Crippen LogP contribution in [0.3, 0.4) is 0 Å². The van der Waals surface area contributed by atoms with E-state index in [0.717, 1.165) is 17.9 Å². The molecule has 128 valence electrons. The molecule has 3 heterocycles. The molecule has 0 spiro atoms. The molecule has 0 unspecified atom stereocenters. The second-order valence-electron chi connectivity index (χ2n) is 6.59. The number of carbonyl (C=O) groups excluding carboxylic acids is 1. The smallest absolute Gasteiger partial charge is 0.333 e. The summed E-state index contributed by atoms with van der Waals surface area (Å²) < 4.78 is 28.1. The maximum atomic E-state index is 12.7. The van der Waals surface area contributed by atoms with Gasteiger partial charge in [0.05, 0.1) is 18.1 Å². The lowest BCUT2D eigenvalue weighted by molar-refractivity contribution is -0.132. The van der Waals surface area contributed by atoms with E-state index in [1.54, 1.807) is 6.20 Å². The van der Waals surface area contributed by atoms with Gasteiger partial charge in [0.2, 0.25) is 5.91 Å². The Morgan fingerprint density at radius 3 is 2.75 bits per heavy atom. The summed E-state index contributed by atoms with van der Waals surface area (Å²) in [5, 5.41) is 3.69. The Balaban J connectivity index is 1.54. The van der Waals surface area contributed by atoms with Gasteiger partial charge in [-0.3, -0.25) is 4.79 Å².